The highest BCUT2D eigenvalue weighted by molar-refractivity contribution is 5.82. The van der Waals surface area contributed by atoms with Gasteiger partial charge in [0.15, 0.2) is 0 Å². The van der Waals surface area contributed by atoms with Crippen LogP contribution in [0.2, 0.25) is 0 Å². The molecule has 6 heteroatoms. The number of carbonyl (C=O) groups is 2. The number of rotatable bonds is 9. The van der Waals surface area contributed by atoms with E-state index in [0.29, 0.717) is 13.0 Å². The van der Waals surface area contributed by atoms with Crippen LogP contribution in [-0.4, -0.2) is 38.5 Å². The fourth-order valence-corrected chi connectivity index (χ4v) is 2.63. The molecule has 0 aliphatic heterocycles. The summed E-state index contributed by atoms with van der Waals surface area (Å²) < 4.78 is 1.93. The number of nitrogens with one attached hydrogen (secondary N) is 1. The van der Waals surface area contributed by atoms with Crippen molar-refractivity contribution in [3.8, 4) is 0 Å². The summed E-state index contributed by atoms with van der Waals surface area (Å²) in [5.74, 6) is -1.02. The number of benzene rings is 1. The van der Waals surface area contributed by atoms with Crippen molar-refractivity contribution in [3.05, 3.63) is 54.1 Å². The van der Waals surface area contributed by atoms with Gasteiger partial charge in [0.2, 0.25) is 0 Å². The van der Waals surface area contributed by atoms with Gasteiger partial charge < -0.3 is 9.67 Å². The van der Waals surface area contributed by atoms with Crippen LogP contribution in [0.15, 0.2) is 42.9 Å². The van der Waals surface area contributed by atoms with Gasteiger partial charge in [0, 0.05) is 24.9 Å². The fourth-order valence-electron chi connectivity index (χ4n) is 2.63. The molecule has 0 fully saturated rings. The van der Waals surface area contributed by atoms with Gasteiger partial charge in [0.05, 0.1) is 12.4 Å². The van der Waals surface area contributed by atoms with Gasteiger partial charge >= 0.3 is 5.97 Å². The lowest BCUT2D eigenvalue weighted by Crippen LogP contribution is -2.47. The lowest BCUT2D eigenvalue weighted by Gasteiger charge is -2.20. The van der Waals surface area contributed by atoms with Crippen LogP contribution in [0.1, 0.15) is 31.5 Å². The maximum Gasteiger partial charge on any atom is 0.321 e. The number of aliphatic carboxylic acids is 1. The summed E-state index contributed by atoms with van der Waals surface area (Å²) in [4.78, 5) is 27.3. The zero-order valence-corrected chi connectivity index (χ0v) is 14.0. The van der Waals surface area contributed by atoms with Crippen LogP contribution in [0.25, 0.3) is 0 Å². The maximum atomic E-state index is 11.6. The number of Topliss-reactive ketones (excluding diaryl/α,β-unsaturated/α-hetero) is 1. The second-order valence-electron chi connectivity index (χ2n) is 5.83. The molecule has 1 aromatic heterocycles. The molecule has 0 saturated carbocycles. The van der Waals surface area contributed by atoms with E-state index in [1.54, 1.807) is 12.5 Å². The lowest BCUT2D eigenvalue weighted by atomic mass is 10.1. The summed E-state index contributed by atoms with van der Waals surface area (Å²) in [5, 5.41) is 12.4. The van der Waals surface area contributed by atoms with E-state index in [0.717, 1.165) is 11.3 Å². The predicted molar refractivity (Wildman–Crippen MR) is 90.8 cm³/mol. The Bertz CT molecular complexity index is 682. The second-order valence-corrected chi connectivity index (χ2v) is 5.83. The number of carboxylic acids is 1. The molecule has 24 heavy (non-hydrogen) atoms. The fraction of sp³-hybridized carbons (Fsp3) is 0.389. The van der Waals surface area contributed by atoms with Gasteiger partial charge in [0.25, 0.3) is 0 Å². The maximum absolute atomic E-state index is 11.6. The van der Waals surface area contributed by atoms with Crippen molar-refractivity contribution >= 4 is 11.8 Å². The van der Waals surface area contributed by atoms with Crippen LogP contribution < -0.4 is 5.32 Å². The summed E-state index contributed by atoms with van der Waals surface area (Å²) in [6.45, 7) is 3.96. The van der Waals surface area contributed by atoms with Crippen molar-refractivity contribution in [2.24, 2.45) is 0 Å². The molecule has 6 nitrogen and oxygen atoms in total. The Balaban J connectivity index is 2.11. The topological polar surface area (TPSA) is 84.2 Å². The van der Waals surface area contributed by atoms with E-state index in [-0.39, 0.29) is 12.2 Å². The van der Waals surface area contributed by atoms with E-state index in [4.69, 9.17) is 0 Å². The highest BCUT2D eigenvalue weighted by Gasteiger charge is 2.24. The summed E-state index contributed by atoms with van der Waals surface area (Å²) in [6, 6.07) is 8.63. The minimum absolute atomic E-state index is 0.0541. The smallest absolute Gasteiger partial charge is 0.321 e. The summed E-state index contributed by atoms with van der Waals surface area (Å²) in [6.07, 6.45) is 4.20. The van der Waals surface area contributed by atoms with E-state index in [1.807, 2.05) is 41.8 Å². The molecule has 0 amide bonds. The van der Waals surface area contributed by atoms with Crippen LogP contribution in [0.4, 0.5) is 0 Å². The first-order valence-electron chi connectivity index (χ1n) is 8.03. The molecule has 128 valence electrons. The van der Waals surface area contributed by atoms with Crippen molar-refractivity contribution in [1.29, 1.82) is 0 Å². The van der Waals surface area contributed by atoms with E-state index in [9.17, 15) is 14.7 Å². The number of ketones is 1. The Morgan fingerprint density at radius 2 is 1.96 bits per heavy atom. The van der Waals surface area contributed by atoms with Crippen molar-refractivity contribution in [3.63, 3.8) is 0 Å². The molecule has 0 bridgehead atoms. The number of carboxylic acid groups (broad SMARTS) is 1. The number of hydrogen-bond donors (Lipinski definition) is 2. The first-order chi connectivity index (χ1) is 11.5. The zero-order chi connectivity index (χ0) is 17.5. The number of nitrogens with zero attached hydrogens (tertiary/aromatic N) is 2. The van der Waals surface area contributed by atoms with Crippen molar-refractivity contribution < 1.29 is 14.7 Å². The van der Waals surface area contributed by atoms with Gasteiger partial charge in [0.1, 0.15) is 11.8 Å². The molecule has 2 atom stereocenters. The average molecular weight is 329 g/mol. The molecule has 2 rings (SSSR count). The van der Waals surface area contributed by atoms with Crippen LogP contribution in [0.3, 0.4) is 0 Å². The van der Waals surface area contributed by atoms with Crippen molar-refractivity contribution in [2.45, 2.75) is 45.3 Å². The molecule has 0 spiro atoms. The minimum atomic E-state index is -0.970. The third-order valence-corrected chi connectivity index (χ3v) is 4.01. The number of carbonyl (C=O) groups excluding carboxylic acids is 1. The standard InChI is InChI=1S/C18H23N3O3/c1-3-16(13(2)22)20-17(18(23)24)9-15-10-19-12-21(15)11-14-7-5-4-6-8-14/h4-8,10,12,16-17,20H,3,9,11H2,1-2H3,(H,23,24). The minimum Gasteiger partial charge on any atom is -0.480 e. The largest absolute Gasteiger partial charge is 0.480 e. The number of aromatic nitrogens is 2. The molecule has 0 radical (unpaired) electrons. The van der Waals surface area contributed by atoms with Crippen LogP contribution in [0, 0.1) is 0 Å². The Morgan fingerprint density at radius 1 is 1.25 bits per heavy atom. The third-order valence-electron chi connectivity index (χ3n) is 4.01. The Morgan fingerprint density at radius 3 is 2.54 bits per heavy atom. The van der Waals surface area contributed by atoms with Gasteiger partial charge in [-0.05, 0) is 18.9 Å². The normalized spacial score (nSPS) is 13.4. The summed E-state index contributed by atoms with van der Waals surface area (Å²) in [7, 11) is 0. The predicted octanol–water partition coefficient (Wildman–Crippen LogP) is 1.88. The van der Waals surface area contributed by atoms with E-state index >= 15 is 0 Å². The van der Waals surface area contributed by atoms with Gasteiger partial charge in [-0.1, -0.05) is 37.3 Å². The Hall–Kier alpha value is -2.47. The van der Waals surface area contributed by atoms with Crippen molar-refractivity contribution in [2.75, 3.05) is 0 Å². The average Bonchev–Trinajstić information content (AvgIpc) is 2.98. The molecule has 2 aromatic rings. The number of imidazole rings is 1. The molecule has 0 aliphatic carbocycles. The van der Waals surface area contributed by atoms with E-state index in [1.165, 1.54) is 6.92 Å². The Labute approximate surface area is 141 Å². The molecule has 1 heterocycles. The van der Waals surface area contributed by atoms with Crippen LogP contribution >= 0.6 is 0 Å². The molecule has 0 saturated heterocycles. The van der Waals surface area contributed by atoms with Crippen LogP contribution in [-0.2, 0) is 22.6 Å². The van der Waals surface area contributed by atoms with Crippen molar-refractivity contribution in [1.82, 2.24) is 14.9 Å². The van der Waals surface area contributed by atoms with E-state index in [2.05, 4.69) is 10.3 Å². The second kappa shape index (κ2) is 8.40. The SMILES string of the molecule is CCC(NC(Cc1cncn1Cc1ccccc1)C(=O)O)C(C)=O. The quantitative estimate of drug-likeness (QED) is 0.734. The Kier molecular flexibility index (Phi) is 6.26. The molecular weight excluding hydrogens is 306 g/mol. The molecular formula is C18H23N3O3. The van der Waals surface area contributed by atoms with Gasteiger partial charge in [-0.25, -0.2) is 4.98 Å². The molecule has 0 aliphatic rings. The monoisotopic (exact) mass is 329 g/mol. The highest BCUT2D eigenvalue weighted by Crippen LogP contribution is 2.10. The van der Waals surface area contributed by atoms with Gasteiger partial charge in [-0.3, -0.25) is 14.9 Å². The van der Waals surface area contributed by atoms with Gasteiger partial charge in [-0.15, -0.1) is 0 Å². The first kappa shape index (κ1) is 17.9. The zero-order valence-electron chi connectivity index (χ0n) is 14.0. The van der Waals surface area contributed by atoms with Gasteiger partial charge in [-0.2, -0.15) is 0 Å². The highest BCUT2D eigenvalue weighted by atomic mass is 16.4. The molecule has 1 aromatic carbocycles. The third kappa shape index (κ3) is 4.76. The first-order valence-corrected chi connectivity index (χ1v) is 8.03. The van der Waals surface area contributed by atoms with E-state index < -0.39 is 18.1 Å². The summed E-state index contributed by atoms with van der Waals surface area (Å²) >= 11 is 0. The summed E-state index contributed by atoms with van der Waals surface area (Å²) in [5.41, 5.74) is 1.93. The number of hydrogen-bond acceptors (Lipinski definition) is 4. The van der Waals surface area contributed by atoms with Crippen LogP contribution in [0.5, 0.6) is 0 Å². The molecule has 2 N–H and O–H groups in total. The molecule has 2 unspecified atom stereocenters. The lowest BCUT2D eigenvalue weighted by molar-refractivity contribution is -0.139.